The predicted molar refractivity (Wildman–Crippen MR) is 99.5 cm³/mol. The van der Waals surface area contributed by atoms with Gasteiger partial charge in [0.15, 0.2) is 5.78 Å². The Morgan fingerprint density at radius 1 is 1.36 bits per heavy atom. The van der Waals surface area contributed by atoms with Crippen LogP contribution >= 0.6 is 0 Å². The lowest BCUT2D eigenvalue weighted by molar-refractivity contribution is -0.116. The lowest BCUT2D eigenvalue weighted by Crippen LogP contribution is -2.51. The van der Waals surface area contributed by atoms with Gasteiger partial charge in [-0.25, -0.2) is 0 Å². The maximum absolute atomic E-state index is 11.9. The minimum atomic E-state index is -0.332. The second-order valence-electron chi connectivity index (χ2n) is 9.49. The van der Waals surface area contributed by atoms with Gasteiger partial charge in [-0.15, -0.1) is 0 Å². The molecule has 0 aromatic rings. The first-order valence-corrected chi connectivity index (χ1v) is 10.2. The highest BCUT2D eigenvalue weighted by Crippen LogP contribution is 2.70. The van der Waals surface area contributed by atoms with Crippen LogP contribution in [0.1, 0.15) is 65.7 Å². The number of nitriles is 1. The van der Waals surface area contributed by atoms with Crippen molar-refractivity contribution in [1.82, 2.24) is 0 Å². The lowest BCUT2D eigenvalue weighted by atomic mass is 9.46. The number of fused-ring (bicyclic) bond motifs is 5. The smallest absolute Gasteiger partial charge is 0.155 e. The highest BCUT2D eigenvalue weighted by atomic mass is 16.1. The summed E-state index contributed by atoms with van der Waals surface area (Å²) in [6.07, 6.45) is 9.14. The summed E-state index contributed by atoms with van der Waals surface area (Å²) in [5.41, 5.74) is 2.38. The minimum Gasteiger partial charge on any atom is -0.295 e. The Morgan fingerprint density at radius 2 is 2.12 bits per heavy atom. The summed E-state index contributed by atoms with van der Waals surface area (Å²) in [7, 11) is 0. The molecule has 3 saturated carbocycles. The van der Waals surface area contributed by atoms with Crippen molar-refractivity contribution in [3.63, 3.8) is 0 Å². The number of rotatable bonds is 1. The molecule has 134 valence electrons. The summed E-state index contributed by atoms with van der Waals surface area (Å²) < 4.78 is 0. The Morgan fingerprint density at radius 3 is 2.80 bits per heavy atom. The van der Waals surface area contributed by atoms with E-state index in [-0.39, 0.29) is 10.8 Å². The SMILES string of the molecule is C=C1C[C@H]2[C@@H]3C(C)CC4=CC(=O)CC[C@@H]4[C@H]3CC[C@]2(C)[C@]1(C#N)CC. The van der Waals surface area contributed by atoms with E-state index in [1.54, 1.807) is 0 Å². The maximum Gasteiger partial charge on any atom is 0.155 e. The molecule has 0 spiro atoms. The molecule has 2 heteroatoms. The Bertz CT molecular complexity index is 697. The second kappa shape index (κ2) is 5.57. The molecule has 0 N–H and O–H groups in total. The Hall–Kier alpha value is -1.36. The average Bonchev–Trinajstić information content (AvgIpc) is 2.81. The number of ketones is 1. The Kier molecular flexibility index (Phi) is 3.80. The number of carbonyl (C=O) groups is 1. The molecule has 0 aliphatic heterocycles. The molecule has 0 heterocycles. The first-order chi connectivity index (χ1) is 11.9. The van der Waals surface area contributed by atoms with Crippen molar-refractivity contribution in [3.05, 3.63) is 23.8 Å². The first-order valence-electron chi connectivity index (χ1n) is 10.2. The van der Waals surface area contributed by atoms with Gasteiger partial charge in [0.1, 0.15) is 0 Å². The molecule has 0 aromatic carbocycles. The van der Waals surface area contributed by atoms with Crippen LogP contribution in [0.25, 0.3) is 0 Å². The molecule has 0 aromatic heterocycles. The molecule has 0 amide bonds. The summed E-state index contributed by atoms with van der Waals surface area (Å²) in [5, 5.41) is 10.1. The lowest BCUT2D eigenvalue weighted by Gasteiger charge is -2.57. The van der Waals surface area contributed by atoms with Gasteiger partial charge in [-0.1, -0.05) is 38.5 Å². The summed E-state index contributed by atoms with van der Waals surface area (Å²) in [5.74, 6) is 3.55. The molecular formula is C23H31NO. The van der Waals surface area contributed by atoms with Crippen molar-refractivity contribution in [2.75, 3.05) is 0 Å². The van der Waals surface area contributed by atoms with Gasteiger partial charge in [-0.3, -0.25) is 4.79 Å². The molecule has 25 heavy (non-hydrogen) atoms. The van der Waals surface area contributed by atoms with E-state index in [0.29, 0.717) is 35.4 Å². The van der Waals surface area contributed by atoms with E-state index in [0.717, 1.165) is 38.5 Å². The molecule has 0 bridgehead atoms. The van der Waals surface area contributed by atoms with Gasteiger partial charge in [0.25, 0.3) is 0 Å². The third-order valence-electron chi connectivity index (χ3n) is 8.80. The number of hydrogen-bond donors (Lipinski definition) is 0. The molecule has 0 radical (unpaired) electrons. The Labute approximate surface area is 152 Å². The quantitative estimate of drug-likeness (QED) is 0.596. The number of nitrogens with zero attached hydrogens (tertiary/aromatic N) is 1. The van der Waals surface area contributed by atoms with E-state index in [4.69, 9.17) is 0 Å². The van der Waals surface area contributed by atoms with Crippen LogP contribution < -0.4 is 0 Å². The largest absolute Gasteiger partial charge is 0.295 e. The van der Waals surface area contributed by atoms with E-state index in [1.807, 2.05) is 6.08 Å². The van der Waals surface area contributed by atoms with Crippen molar-refractivity contribution in [1.29, 1.82) is 5.26 Å². The van der Waals surface area contributed by atoms with Gasteiger partial charge in [-0.2, -0.15) is 5.26 Å². The first kappa shape index (κ1) is 17.1. The van der Waals surface area contributed by atoms with E-state index >= 15 is 0 Å². The molecule has 4 rings (SSSR count). The number of carbonyl (C=O) groups excluding carboxylic acids is 1. The fourth-order valence-corrected chi connectivity index (χ4v) is 7.61. The second-order valence-corrected chi connectivity index (χ2v) is 9.49. The summed E-state index contributed by atoms with van der Waals surface area (Å²) >= 11 is 0. The van der Waals surface area contributed by atoms with E-state index < -0.39 is 0 Å². The normalized spacial score (nSPS) is 48.9. The fourth-order valence-electron chi connectivity index (χ4n) is 7.61. The summed E-state index contributed by atoms with van der Waals surface area (Å²) in [4.78, 5) is 11.9. The van der Waals surface area contributed by atoms with Gasteiger partial charge in [0, 0.05) is 6.42 Å². The summed E-state index contributed by atoms with van der Waals surface area (Å²) in [6.45, 7) is 11.3. The van der Waals surface area contributed by atoms with Crippen LogP contribution in [0.4, 0.5) is 0 Å². The van der Waals surface area contributed by atoms with Crippen LogP contribution in [0.3, 0.4) is 0 Å². The zero-order valence-electron chi connectivity index (χ0n) is 16.0. The van der Waals surface area contributed by atoms with Crippen molar-refractivity contribution in [2.45, 2.75) is 65.7 Å². The van der Waals surface area contributed by atoms with Gasteiger partial charge in [0.05, 0.1) is 11.5 Å². The molecule has 2 nitrogen and oxygen atoms in total. The average molecular weight is 338 g/mol. The molecule has 1 unspecified atom stereocenters. The van der Waals surface area contributed by atoms with Gasteiger partial charge in [-0.05, 0) is 79.6 Å². The van der Waals surface area contributed by atoms with Gasteiger partial charge >= 0.3 is 0 Å². The molecule has 3 fully saturated rings. The van der Waals surface area contributed by atoms with Crippen LogP contribution in [-0.4, -0.2) is 5.78 Å². The maximum atomic E-state index is 11.9. The zero-order valence-corrected chi connectivity index (χ0v) is 16.0. The Balaban J connectivity index is 1.74. The topological polar surface area (TPSA) is 40.9 Å². The van der Waals surface area contributed by atoms with Crippen molar-refractivity contribution < 1.29 is 4.79 Å². The number of hydrogen-bond acceptors (Lipinski definition) is 2. The molecule has 0 saturated heterocycles. The minimum absolute atomic E-state index is 0.0781. The third-order valence-corrected chi connectivity index (χ3v) is 8.80. The van der Waals surface area contributed by atoms with Crippen LogP contribution in [0.15, 0.2) is 23.8 Å². The standard InChI is InChI=1S/C23H31NO/c1-5-23(13-24)15(3)11-20-21-14(2)10-16-12-17(25)6-7-18(16)19(21)8-9-22(20,23)4/h12,14,18-21H,3,5-11H2,1-2,4H3/t14?,18-,19+,20-,21+,22-,23-/m0/s1. The molecule has 4 aliphatic rings. The van der Waals surface area contributed by atoms with Crippen molar-refractivity contribution >= 4 is 5.78 Å². The van der Waals surface area contributed by atoms with Crippen LogP contribution in [0.2, 0.25) is 0 Å². The van der Waals surface area contributed by atoms with Crippen LogP contribution in [0, 0.1) is 51.8 Å². The third kappa shape index (κ3) is 2.05. The van der Waals surface area contributed by atoms with E-state index in [9.17, 15) is 10.1 Å². The fraction of sp³-hybridized carbons (Fsp3) is 0.739. The molecule has 7 atom stereocenters. The van der Waals surface area contributed by atoms with Crippen LogP contribution in [0.5, 0.6) is 0 Å². The zero-order chi connectivity index (χ0) is 18.0. The van der Waals surface area contributed by atoms with Crippen molar-refractivity contribution in [3.8, 4) is 6.07 Å². The van der Waals surface area contributed by atoms with Crippen molar-refractivity contribution in [2.24, 2.45) is 40.4 Å². The summed E-state index contributed by atoms with van der Waals surface area (Å²) in [6, 6.07) is 2.73. The monoisotopic (exact) mass is 337 g/mol. The highest BCUT2D eigenvalue weighted by Gasteiger charge is 2.64. The van der Waals surface area contributed by atoms with Crippen LogP contribution in [-0.2, 0) is 4.79 Å². The van der Waals surface area contributed by atoms with Gasteiger partial charge in [0.2, 0.25) is 0 Å². The predicted octanol–water partition coefficient (Wildman–Crippen LogP) is 5.46. The number of allylic oxidation sites excluding steroid dienone is 2. The molecule has 4 aliphatic carbocycles. The highest BCUT2D eigenvalue weighted by molar-refractivity contribution is 5.91. The van der Waals surface area contributed by atoms with E-state index in [2.05, 4.69) is 33.4 Å². The van der Waals surface area contributed by atoms with Gasteiger partial charge < -0.3 is 0 Å². The molecular weight excluding hydrogens is 306 g/mol. The van der Waals surface area contributed by atoms with E-state index in [1.165, 1.54) is 17.6 Å².